The van der Waals surface area contributed by atoms with E-state index in [0.717, 1.165) is 31.7 Å². The third-order valence-electron chi connectivity index (χ3n) is 3.88. The van der Waals surface area contributed by atoms with Crippen molar-refractivity contribution >= 4 is 0 Å². The predicted molar refractivity (Wildman–Crippen MR) is 71.8 cm³/mol. The quantitative estimate of drug-likeness (QED) is 0.847. The summed E-state index contributed by atoms with van der Waals surface area (Å²) in [5.41, 5.74) is 3.83. The summed E-state index contributed by atoms with van der Waals surface area (Å²) in [5.74, 6) is 1.09. The minimum Gasteiger partial charge on any atom is -0.487 e. The van der Waals surface area contributed by atoms with E-state index in [4.69, 9.17) is 4.74 Å². The number of aryl methyl sites for hydroxylation is 2. The fraction of sp³-hybridized carbons (Fsp3) is 0.600. The van der Waals surface area contributed by atoms with Gasteiger partial charge in [-0.15, -0.1) is 0 Å². The molecule has 1 aromatic carbocycles. The molecule has 2 heteroatoms. The van der Waals surface area contributed by atoms with E-state index in [2.05, 4.69) is 45.1 Å². The van der Waals surface area contributed by atoms with Gasteiger partial charge in [-0.3, -0.25) is 0 Å². The van der Waals surface area contributed by atoms with E-state index in [1.165, 1.54) is 16.7 Å². The zero-order valence-electron chi connectivity index (χ0n) is 11.4. The van der Waals surface area contributed by atoms with Crippen LogP contribution in [0.3, 0.4) is 0 Å². The van der Waals surface area contributed by atoms with Crippen LogP contribution in [0.15, 0.2) is 12.1 Å². The lowest BCUT2D eigenvalue weighted by Crippen LogP contribution is -2.44. The zero-order chi connectivity index (χ0) is 12.5. The molecule has 1 aliphatic heterocycles. The van der Waals surface area contributed by atoms with Gasteiger partial charge >= 0.3 is 0 Å². The first-order valence-corrected chi connectivity index (χ1v) is 6.48. The van der Waals surface area contributed by atoms with E-state index >= 15 is 0 Å². The minimum atomic E-state index is -0.00539. The lowest BCUT2D eigenvalue weighted by atomic mass is 9.94. The molecule has 1 aliphatic rings. The average molecular weight is 233 g/mol. The first-order chi connectivity index (χ1) is 8.02. The number of hydrogen-bond donors (Lipinski definition) is 1. The van der Waals surface area contributed by atoms with Crippen LogP contribution >= 0.6 is 0 Å². The van der Waals surface area contributed by atoms with Gasteiger partial charge in [0, 0.05) is 0 Å². The van der Waals surface area contributed by atoms with Crippen LogP contribution in [0.1, 0.15) is 36.5 Å². The summed E-state index contributed by atoms with van der Waals surface area (Å²) in [5, 5.41) is 3.39. The molecule has 1 N–H and O–H groups in total. The smallest absolute Gasteiger partial charge is 0.126 e. The molecule has 0 bridgehead atoms. The van der Waals surface area contributed by atoms with Crippen molar-refractivity contribution < 1.29 is 4.74 Å². The second-order valence-electron chi connectivity index (χ2n) is 5.46. The van der Waals surface area contributed by atoms with E-state index < -0.39 is 0 Å². The Morgan fingerprint density at radius 1 is 1.06 bits per heavy atom. The molecule has 1 aromatic rings. The highest BCUT2D eigenvalue weighted by atomic mass is 16.5. The van der Waals surface area contributed by atoms with Gasteiger partial charge in [-0.1, -0.05) is 12.1 Å². The molecule has 0 radical (unpaired) electrons. The summed E-state index contributed by atoms with van der Waals surface area (Å²) < 4.78 is 6.35. The number of hydrogen-bond acceptors (Lipinski definition) is 2. The maximum Gasteiger partial charge on any atom is 0.126 e. The summed E-state index contributed by atoms with van der Waals surface area (Å²) in [7, 11) is 0. The Hall–Kier alpha value is -1.02. The molecule has 0 spiro atoms. The molecular formula is C15H23NO. The molecule has 0 atom stereocenters. The lowest BCUT2D eigenvalue weighted by molar-refractivity contribution is 0.0541. The van der Waals surface area contributed by atoms with Crippen LogP contribution in [0.2, 0.25) is 0 Å². The summed E-state index contributed by atoms with van der Waals surface area (Å²) in [6.07, 6.45) is 2.17. The monoisotopic (exact) mass is 233 g/mol. The second kappa shape index (κ2) is 4.69. The summed E-state index contributed by atoms with van der Waals surface area (Å²) in [4.78, 5) is 0. The predicted octanol–water partition coefficient (Wildman–Crippen LogP) is 3.13. The Kier molecular flexibility index (Phi) is 3.43. The molecule has 0 amide bonds. The second-order valence-corrected chi connectivity index (χ2v) is 5.46. The Morgan fingerprint density at radius 3 is 2.29 bits per heavy atom. The Balaban J connectivity index is 2.26. The average Bonchev–Trinajstić information content (AvgIpc) is 2.31. The van der Waals surface area contributed by atoms with Gasteiger partial charge in [0.05, 0.1) is 0 Å². The van der Waals surface area contributed by atoms with Gasteiger partial charge in [0.1, 0.15) is 11.4 Å². The molecule has 94 valence electrons. The topological polar surface area (TPSA) is 21.3 Å². The molecule has 1 heterocycles. The van der Waals surface area contributed by atoms with Gasteiger partial charge in [-0.05, 0) is 70.3 Å². The number of benzene rings is 1. The molecular weight excluding hydrogens is 210 g/mol. The Labute approximate surface area is 104 Å². The lowest BCUT2D eigenvalue weighted by Gasteiger charge is -2.36. The number of nitrogens with one attached hydrogen (secondary N) is 1. The van der Waals surface area contributed by atoms with Crippen LogP contribution in [0.5, 0.6) is 5.75 Å². The van der Waals surface area contributed by atoms with Crippen molar-refractivity contribution in [1.29, 1.82) is 0 Å². The summed E-state index contributed by atoms with van der Waals surface area (Å²) in [6.45, 7) is 10.8. The number of rotatable bonds is 2. The molecule has 2 nitrogen and oxygen atoms in total. The van der Waals surface area contributed by atoms with E-state index in [9.17, 15) is 0 Å². The van der Waals surface area contributed by atoms with Crippen molar-refractivity contribution in [2.24, 2.45) is 0 Å². The third-order valence-corrected chi connectivity index (χ3v) is 3.88. The number of piperidine rings is 1. The minimum absolute atomic E-state index is 0.00539. The fourth-order valence-electron chi connectivity index (χ4n) is 2.39. The highest BCUT2D eigenvalue weighted by Crippen LogP contribution is 2.32. The van der Waals surface area contributed by atoms with E-state index in [0.29, 0.717) is 0 Å². The summed E-state index contributed by atoms with van der Waals surface area (Å²) in [6, 6.07) is 4.32. The molecule has 17 heavy (non-hydrogen) atoms. The van der Waals surface area contributed by atoms with Gasteiger partial charge in [0.25, 0.3) is 0 Å². The zero-order valence-corrected chi connectivity index (χ0v) is 11.4. The van der Waals surface area contributed by atoms with Crippen molar-refractivity contribution in [3.63, 3.8) is 0 Å². The van der Waals surface area contributed by atoms with Crippen LogP contribution < -0.4 is 10.1 Å². The Bertz CT molecular complexity index is 406. The maximum atomic E-state index is 6.35. The molecule has 0 unspecified atom stereocenters. The van der Waals surface area contributed by atoms with Gasteiger partial charge in [0.2, 0.25) is 0 Å². The van der Waals surface area contributed by atoms with E-state index in [-0.39, 0.29) is 5.60 Å². The van der Waals surface area contributed by atoms with Gasteiger partial charge in [-0.25, -0.2) is 0 Å². The standard InChI is InChI=1S/C15H23NO/c1-11-5-6-12(2)14(13(11)3)17-15(4)7-9-16-10-8-15/h5-6,16H,7-10H2,1-4H3. The van der Waals surface area contributed by atoms with Crippen molar-refractivity contribution in [2.45, 2.75) is 46.1 Å². The molecule has 0 aliphatic carbocycles. The molecule has 0 aromatic heterocycles. The van der Waals surface area contributed by atoms with Crippen molar-refractivity contribution in [3.8, 4) is 5.75 Å². The van der Waals surface area contributed by atoms with Crippen molar-refractivity contribution in [2.75, 3.05) is 13.1 Å². The fourth-order valence-corrected chi connectivity index (χ4v) is 2.39. The molecule has 0 saturated carbocycles. The van der Waals surface area contributed by atoms with Crippen molar-refractivity contribution in [3.05, 3.63) is 28.8 Å². The van der Waals surface area contributed by atoms with E-state index in [1.807, 2.05) is 0 Å². The first-order valence-electron chi connectivity index (χ1n) is 6.48. The number of ether oxygens (including phenoxy) is 1. The van der Waals surface area contributed by atoms with Crippen molar-refractivity contribution in [1.82, 2.24) is 5.32 Å². The Morgan fingerprint density at radius 2 is 1.65 bits per heavy atom. The highest BCUT2D eigenvalue weighted by molar-refractivity contribution is 5.44. The van der Waals surface area contributed by atoms with E-state index in [1.54, 1.807) is 0 Å². The largest absolute Gasteiger partial charge is 0.487 e. The molecule has 2 rings (SSSR count). The van der Waals surface area contributed by atoms with Crippen LogP contribution in [-0.4, -0.2) is 18.7 Å². The van der Waals surface area contributed by atoms with Gasteiger partial charge < -0.3 is 10.1 Å². The summed E-state index contributed by atoms with van der Waals surface area (Å²) >= 11 is 0. The van der Waals surface area contributed by atoms with Crippen LogP contribution in [0.25, 0.3) is 0 Å². The molecule has 1 fully saturated rings. The first kappa shape index (κ1) is 12.4. The van der Waals surface area contributed by atoms with Gasteiger partial charge in [0.15, 0.2) is 0 Å². The SMILES string of the molecule is Cc1ccc(C)c(OC2(C)CCNCC2)c1C. The third kappa shape index (κ3) is 2.63. The van der Waals surface area contributed by atoms with Crippen LogP contribution in [0, 0.1) is 20.8 Å². The van der Waals surface area contributed by atoms with Gasteiger partial charge in [-0.2, -0.15) is 0 Å². The normalized spacial score (nSPS) is 19.1. The molecule has 1 saturated heterocycles. The highest BCUT2D eigenvalue weighted by Gasteiger charge is 2.29. The van der Waals surface area contributed by atoms with Crippen LogP contribution in [0.4, 0.5) is 0 Å². The van der Waals surface area contributed by atoms with Crippen LogP contribution in [-0.2, 0) is 0 Å². The maximum absolute atomic E-state index is 6.35.